The van der Waals surface area contributed by atoms with Gasteiger partial charge in [-0.15, -0.1) is 5.10 Å². The van der Waals surface area contributed by atoms with Gasteiger partial charge in [-0.05, 0) is 24.6 Å². The number of halogens is 2. The minimum Gasteiger partial charge on any atom is -0.362 e. The fraction of sp³-hybridized carbons (Fsp3) is 0.273. The minimum absolute atomic E-state index is 0.0527. The summed E-state index contributed by atoms with van der Waals surface area (Å²) < 4.78 is 1.67. The monoisotopic (exact) mass is 270 g/mol. The zero-order chi connectivity index (χ0) is 12.4. The van der Waals surface area contributed by atoms with Crippen LogP contribution in [0.4, 0.5) is 5.82 Å². The van der Waals surface area contributed by atoms with Crippen LogP contribution >= 0.6 is 23.2 Å². The van der Waals surface area contributed by atoms with Gasteiger partial charge in [-0.2, -0.15) is 0 Å². The predicted octanol–water partition coefficient (Wildman–Crippen LogP) is 3.30. The molecule has 1 heterocycles. The van der Waals surface area contributed by atoms with Crippen molar-refractivity contribution in [2.24, 2.45) is 7.05 Å². The topological polar surface area (TPSA) is 42.7 Å². The maximum absolute atomic E-state index is 6.14. The molecular weight excluding hydrogens is 259 g/mol. The first-order chi connectivity index (χ1) is 8.08. The molecule has 2 aromatic rings. The maximum atomic E-state index is 6.14. The lowest BCUT2D eigenvalue weighted by Gasteiger charge is -2.16. The van der Waals surface area contributed by atoms with Crippen molar-refractivity contribution in [3.63, 3.8) is 0 Å². The Balaban J connectivity index is 2.20. The zero-order valence-corrected chi connectivity index (χ0v) is 11.0. The van der Waals surface area contributed by atoms with E-state index in [0.29, 0.717) is 10.0 Å². The van der Waals surface area contributed by atoms with Gasteiger partial charge in [0.2, 0.25) is 0 Å². The highest BCUT2D eigenvalue weighted by Crippen LogP contribution is 2.27. The molecule has 0 spiro atoms. The highest BCUT2D eigenvalue weighted by Gasteiger charge is 2.11. The van der Waals surface area contributed by atoms with Gasteiger partial charge >= 0.3 is 0 Å². The van der Waals surface area contributed by atoms with Crippen molar-refractivity contribution in [2.45, 2.75) is 13.0 Å². The second-order valence-corrected chi connectivity index (χ2v) is 4.62. The molecule has 0 saturated heterocycles. The van der Waals surface area contributed by atoms with Crippen LogP contribution < -0.4 is 5.32 Å². The third-order valence-electron chi connectivity index (χ3n) is 2.51. The highest BCUT2D eigenvalue weighted by atomic mass is 35.5. The number of aromatic nitrogens is 3. The molecule has 1 atom stereocenters. The Morgan fingerprint density at radius 3 is 2.71 bits per heavy atom. The summed E-state index contributed by atoms with van der Waals surface area (Å²) >= 11 is 12.0. The number of aryl methyl sites for hydroxylation is 1. The van der Waals surface area contributed by atoms with E-state index in [1.165, 1.54) is 0 Å². The van der Waals surface area contributed by atoms with Crippen LogP contribution in [0, 0.1) is 0 Å². The number of rotatable bonds is 3. The maximum Gasteiger partial charge on any atom is 0.144 e. The Labute approximate surface area is 110 Å². The van der Waals surface area contributed by atoms with Gasteiger partial charge in [-0.3, -0.25) is 0 Å². The lowest BCUT2D eigenvalue weighted by molar-refractivity contribution is 0.708. The summed E-state index contributed by atoms with van der Waals surface area (Å²) in [5, 5.41) is 12.2. The molecular formula is C11H12Cl2N4. The SMILES string of the molecule is CC(Nc1cnnn1C)c1ccc(Cl)cc1Cl. The third kappa shape index (κ3) is 2.70. The van der Waals surface area contributed by atoms with Gasteiger partial charge < -0.3 is 5.32 Å². The molecule has 4 nitrogen and oxygen atoms in total. The normalized spacial score (nSPS) is 12.5. The Kier molecular flexibility index (Phi) is 3.54. The molecule has 0 aliphatic heterocycles. The lowest BCUT2D eigenvalue weighted by atomic mass is 10.1. The van der Waals surface area contributed by atoms with Crippen molar-refractivity contribution in [3.05, 3.63) is 40.0 Å². The summed E-state index contributed by atoms with van der Waals surface area (Å²) in [5.41, 5.74) is 0.984. The van der Waals surface area contributed by atoms with E-state index in [4.69, 9.17) is 23.2 Å². The molecule has 1 unspecified atom stereocenters. The largest absolute Gasteiger partial charge is 0.362 e. The first kappa shape index (κ1) is 12.2. The number of hydrogen-bond acceptors (Lipinski definition) is 3. The number of hydrogen-bond donors (Lipinski definition) is 1. The van der Waals surface area contributed by atoms with Crippen molar-refractivity contribution in [1.82, 2.24) is 15.0 Å². The van der Waals surface area contributed by atoms with Crippen LogP contribution in [0.5, 0.6) is 0 Å². The van der Waals surface area contributed by atoms with Crippen LogP contribution in [0.2, 0.25) is 10.0 Å². The Hall–Kier alpha value is -1.26. The van der Waals surface area contributed by atoms with E-state index in [1.54, 1.807) is 16.9 Å². The van der Waals surface area contributed by atoms with Crippen molar-refractivity contribution < 1.29 is 0 Å². The molecule has 0 amide bonds. The van der Waals surface area contributed by atoms with Gasteiger partial charge in [0.1, 0.15) is 5.82 Å². The van der Waals surface area contributed by atoms with Gasteiger partial charge in [0.25, 0.3) is 0 Å². The Morgan fingerprint density at radius 2 is 2.12 bits per heavy atom. The summed E-state index contributed by atoms with van der Waals surface area (Å²) in [5.74, 6) is 0.837. The first-order valence-corrected chi connectivity index (χ1v) is 5.89. The van der Waals surface area contributed by atoms with Crippen LogP contribution in [-0.4, -0.2) is 15.0 Å². The van der Waals surface area contributed by atoms with Gasteiger partial charge in [-0.1, -0.05) is 34.5 Å². The summed E-state index contributed by atoms with van der Waals surface area (Å²) in [7, 11) is 1.82. The van der Waals surface area contributed by atoms with Crippen molar-refractivity contribution in [3.8, 4) is 0 Å². The molecule has 1 aromatic heterocycles. The van der Waals surface area contributed by atoms with Crippen LogP contribution in [0.1, 0.15) is 18.5 Å². The fourth-order valence-corrected chi connectivity index (χ4v) is 2.14. The molecule has 1 aromatic carbocycles. The molecule has 0 aliphatic carbocycles. The third-order valence-corrected chi connectivity index (χ3v) is 3.07. The van der Waals surface area contributed by atoms with E-state index >= 15 is 0 Å². The zero-order valence-electron chi connectivity index (χ0n) is 9.48. The Morgan fingerprint density at radius 1 is 1.35 bits per heavy atom. The fourth-order valence-electron chi connectivity index (χ4n) is 1.57. The summed E-state index contributed by atoms with van der Waals surface area (Å²) in [4.78, 5) is 0. The van der Waals surface area contributed by atoms with Crippen LogP contribution in [0.25, 0.3) is 0 Å². The van der Waals surface area contributed by atoms with E-state index < -0.39 is 0 Å². The molecule has 1 N–H and O–H groups in total. The van der Waals surface area contributed by atoms with E-state index in [9.17, 15) is 0 Å². The minimum atomic E-state index is 0.0527. The molecule has 6 heteroatoms. The van der Waals surface area contributed by atoms with E-state index in [2.05, 4.69) is 15.6 Å². The predicted molar refractivity (Wildman–Crippen MR) is 69.5 cm³/mol. The lowest BCUT2D eigenvalue weighted by Crippen LogP contribution is -2.10. The molecule has 90 valence electrons. The second kappa shape index (κ2) is 4.94. The van der Waals surface area contributed by atoms with E-state index in [1.807, 2.05) is 26.1 Å². The molecule has 0 radical (unpaired) electrons. The van der Waals surface area contributed by atoms with Crippen LogP contribution in [0.15, 0.2) is 24.4 Å². The first-order valence-electron chi connectivity index (χ1n) is 5.14. The van der Waals surface area contributed by atoms with Gasteiger partial charge in [0.05, 0.1) is 12.2 Å². The average molecular weight is 271 g/mol. The Bertz CT molecular complexity index is 524. The average Bonchev–Trinajstić information content (AvgIpc) is 2.64. The molecule has 17 heavy (non-hydrogen) atoms. The quantitative estimate of drug-likeness (QED) is 0.931. The summed E-state index contributed by atoms with van der Waals surface area (Å²) in [6.45, 7) is 2.02. The molecule has 0 bridgehead atoms. The van der Waals surface area contributed by atoms with Crippen LogP contribution in [0.3, 0.4) is 0 Å². The standard InChI is InChI=1S/C11H12Cl2N4/c1-7(15-11-6-14-16-17(11)2)9-4-3-8(12)5-10(9)13/h3-7,15H,1-2H3. The van der Waals surface area contributed by atoms with Crippen molar-refractivity contribution in [1.29, 1.82) is 0 Å². The molecule has 0 aliphatic rings. The molecule has 2 rings (SSSR count). The van der Waals surface area contributed by atoms with Gasteiger partial charge in [-0.25, -0.2) is 4.68 Å². The smallest absolute Gasteiger partial charge is 0.144 e. The number of benzene rings is 1. The van der Waals surface area contributed by atoms with Crippen LogP contribution in [-0.2, 0) is 7.05 Å². The number of nitrogens with one attached hydrogen (secondary N) is 1. The van der Waals surface area contributed by atoms with Gasteiger partial charge in [0, 0.05) is 17.1 Å². The summed E-state index contributed by atoms with van der Waals surface area (Å²) in [6.07, 6.45) is 1.67. The summed E-state index contributed by atoms with van der Waals surface area (Å²) in [6, 6.07) is 5.52. The van der Waals surface area contributed by atoms with Crippen molar-refractivity contribution >= 4 is 29.0 Å². The molecule has 0 fully saturated rings. The van der Waals surface area contributed by atoms with E-state index in [0.717, 1.165) is 11.4 Å². The van der Waals surface area contributed by atoms with Crippen molar-refractivity contribution in [2.75, 3.05) is 5.32 Å². The highest BCUT2D eigenvalue weighted by molar-refractivity contribution is 6.35. The second-order valence-electron chi connectivity index (χ2n) is 3.77. The number of anilines is 1. The molecule has 0 saturated carbocycles. The van der Waals surface area contributed by atoms with Gasteiger partial charge in [0.15, 0.2) is 0 Å². The van der Waals surface area contributed by atoms with E-state index in [-0.39, 0.29) is 6.04 Å². The number of nitrogens with zero attached hydrogens (tertiary/aromatic N) is 3.